The number of benzene rings is 1. The topological polar surface area (TPSA) is 87.7 Å². The van der Waals surface area contributed by atoms with Gasteiger partial charge in [-0.2, -0.15) is 0 Å². The first-order chi connectivity index (χ1) is 11.3. The lowest BCUT2D eigenvalue weighted by Gasteiger charge is -2.16. The second-order valence-electron chi connectivity index (χ2n) is 6.00. The number of hydrogen-bond acceptors (Lipinski definition) is 5. The van der Waals surface area contributed by atoms with Crippen LogP contribution < -0.4 is 15.4 Å². The maximum absolute atomic E-state index is 12.4. The first-order valence-corrected chi connectivity index (χ1v) is 9.48. The molecule has 1 aliphatic carbocycles. The minimum atomic E-state index is -3.67. The Balaban J connectivity index is 2.11. The van der Waals surface area contributed by atoms with Crippen molar-refractivity contribution in [3.63, 3.8) is 0 Å². The number of nitrogens with one attached hydrogen (secondary N) is 2. The third kappa shape index (κ3) is 4.93. The van der Waals surface area contributed by atoms with Crippen molar-refractivity contribution < 1.29 is 17.9 Å². The summed E-state index contributed by atoms with van der Waals surface area (Å²) in [6.07, 6.45) is 2.44. The highest BCUT2D eigenvalue weighted by Gasteiger charge is 2.23. The second-order valence-corrected chi connectivity index (χ2v) is 8.12. The Morgan fingerprint density at radius 1 is 1.33 bits per heavy atom. The molecule has 0 radical (unpaired) electrons. The van der Waals surface area contributed by atoms with Crippen molar-refractivity contribution >= 4 is 21.6 Å². The minimum absolute atomic E-state index is 0.0399. The van der Waals surface area contributed by atoms with Crippen LogP contribution >= 0.6 is 0 Å². The van der Waals surface area contributed by atoms with Gasteiger partial charge in [0.05, 0.1) is 13.2 Å². The first-order valence-electron chi connectivity index (χ1n) is 8.04. The van der Waals surface area contributed by atoms with Gasteiger partial charge in [-0.1, -0.05) is 0 Å². The van der Waals surface area contributed by atoms with E-state index >= 15 is 0 Å². The lowest BCUT2D eigenvalue weighted by atomic mass is 10.3. The number of anilines is 1. The highest BCUT2D eigenvalue weighted by Crippen LogP contribution is 2.29. The number of hydrogen-bond donors (Lipinski definition) is 2. The Bertz CT molecular complexity index is 685. The van der Waals surface area contributed by atoms with Gasteiger partial charge in [-0.3, -0.25) is 4.79 Å². The normalized spacial score (nSPS) is 14.7. The molecule has 0 saturated heterocycles. The molecule has 8 heteroatoms. The summed E-state index contributed by atoms with van der Waals surface area (Å²) in [5.41, 5.74) is 0.428. The van der Waals surface area contributed by atoms with Crippen molar-refractivity contribution in [1.82, 2.24) is 9.62 Å². The van der Waals surface area contributed by atoms with Crippen molar-refractivity contribution in [3.8, 4) is 5.75 Å². The fourth-order valence-electron chi connectivity index (χ4n) is 2.18. The van der Waals surface area contributed by atoms with Crippen LogP contribution in [0.5, 0.6) is 5.75 Å². The van der Waals surface area contributed by atoms with Crippen LogP contribution in [0.2, 0.25) is 0 Å². The van der Waals surface area contributed by atoms with E-state index in [-0.39, 0.29) is 23.1 Å². The summed E-state index contributed by atoms with van der Waals surface area (Å²) >= 11 is 0. The molecule has 1 fully saturated rings. The summed E-state index contributed by atoms with van der Waals surface area (Å²) in [6, 6.07) is 4.63. The minimum Gasteiger partial charge on any atom is -0.492 e. The molecule has 1 aromatic rings. The maximum Gasteiger partial charge on any atom is 0.246 e. The third-order valence-corrected chi connectivity index (χ3v) is 5.54. The Kier molecular flexibility index (Phi) is 6.20. The lowest BCUT2D eigenvalue weighted by molar-refractivity contribution is -0.115. The molecule has 0 spiro atoms. The molecule has 1 saturated carbocycles. The largest absolute Gasteiger partial charge is 0.492 e. The van der Waals surface area contributed by atoms with E-state index in [9.17, 15) is 13.2 Å². The van der Waals surface area contributed by atoms with E-state index in [1.807, 2.05) is 0 Å². The van der Waals surface area contributed by atoms with E-state index in [4.69, 9.17) is 4.74 Å². The zero-order valence-corrected chi connectivity index (χ0v) is 15.1. The molecular weight excluding hydrogens is 330 g/mol. The summed E-state index contributed by atoms with van der Waals surface area (Å²) in [4.78, 5) is 12.0. The van der Waals surface area contributed by atoms with E-state index in [0.717, 1.165) is 10.8 Å². The van der Waals surface area contributed by atoms with Crippen LogP contribution in [0.25, 0.3) is 0 Å². The van der Waals surface area contributed by atoms with Crippen LogP contribution in [0.3, 0.4) is 0 Å². The van der Waals surface area contributed by atoms with E-state index in [0.29, 0.717) is 18.2 Å². The Labute approximate surface area is 143 Å². The second kappa shape index (κ2) is 7.96. The number of ether oxygens (including phenoxy) is 1. The Hall–Kier alpha value is -1.64. The molecule has 0 heterocycles. The van der Waals surface area contributed by atoms with E-state index in [1.54, 1.807) is 19.1 Å². The molecule has 0 unspecified atom stereocenters. The fourth-order valence-corrected chi connectivity index (χ4v) is 3.23. The van der Waals surface area contributed by atoms with Gasteiger partial charge in [0.2, 0.25) is 15.9 Å². The summed E-state index contributed by atoms with van der Waals surface area (Å²) in [5, 5.41) is 5.82. The van der Waals surface area contributed by atoms with Crippen molar-refractivity contribution in [1.29, 1.82) is 0 Å². The van der Waals surface area contributed by atoms with Gasteiger partial charge in [0, 0.05) is 19.8 Å². The predicted molar refractivity (Wildman–Crippen MR) is 92.7 cm³/mol. The number of carbonyl (C=O) groups is 1. The molecule has 1 amide bonds. The van der Waals surface area contributed by atoms with Crippen molar-refractivity contribution in [3.05, 3.63) is 18.2 Å². The maximum atomic E-state index is 12.4. The SMILES string of the molecule is CCOc1ccc(NC(=O)CNCC2CC2)cc1S(=O)(=O)N(C)C. The van der Waals surface area contributed by atoms with Crippen molar-refractivity contribution in [2.75, 3.05) is 39.1 Å². The number of amides is 1. The highest BCUT2D eigenvalue weighted by molar-refractivity contribution is 7.89. The summed E-state index contributed by atoms with van der Waals surface area (Å²) < 4.78 is 31.4. The molecule has 2 rings (SSSR count). The predicted octanol–water partition coefficient (Wildman–Crippen LogP) is 1.27. The number of carbonyl (C=O) groups excluding carboxylic acids is 1. The van der Waals surface area contributed by atoms with Crippen molar-refractivity contribution in [2.45, 2.75) is 24.7 Å². The molecule has 24 heavy (non-hydrogen) atoms. The lowest BCUT2D eigenvalue weighted by Crippen LogP contribution is -2.29. The molecular formula is C16H25N3O4S. The van der Waals surface area contributed by atoms with Crippen LogP contribution in [-0.4, -0.2) is 52.4 Å². The van der Waals surface area contributed by atoms with Crippen LogP contribution in [0.4, 0.5) is 5.69 Å². The van der Waals surface area contributed by atoms with Crippen LogP contribution in [0.1, 0.15) is 19.8 Å². The van der Waals surface area contributed by atoms with Gasteiger partial charge in [-0.25, -0.2) is 12.7 Å². The van der Waals surface area contributed by atoms with E-state index in [2.05, 4.69) is 10.6 Å². The molecule has 0 aromatic heterocycles. The Morgan fingerprint density at radius 2 is 2.04 bits per heavy atom. The summed E-state index contributed by atoms with van der Waals surface area (Å²) in [6.45, 7) is 3.19. The zero-order chi connectivity index (χ0) is 17.7. The molecule has 1 aliphatic rings. The standard InChI is InChI=1S/C16H25N3O4S/c1-4-23-14-8-7-13(9-15(14)24(21,22)19(2)3)18-16(20)11-17-10-12-5-6-12/h7-9,12,17H,4-6,10-11H2,1-3H3,(H,18,20). The molecule has 7 nitrogen and oxygen atoms in total. The summed E-state index contributed by atoms with van der Waals surface area (Å²) in [7, 11) is -0.754. The number of rotatable bonds is 9. The van der Waals surface area contributed by atoms with Gasteiger partial charge in [0.25, 0.3) is 0 Å². The monoisotopic (exact) mass is 355 g/mol. The quantitative estimate of drug-likeness (QED) is 0.697. The average molecular weight is 355 g/mol. The molecule has 134 valence electrons. The highest BCUT2D eigenvalue weighted by atomic mass is 32.2. The van der Waals surface area contributed by atoms with Crippen LogP contribution in [0.15, 0.2) is 23.1 Å². The fraction of sp³-hybridized carbons (Fsp3) is 0.562. The third-order valence-electron chi connectivity index (χ3n) is 3.70. The Morgan fingerprint density at radius 3 is 2.62 bits per heavy atom. The van der Waals surface area contributed by atoms with Crippen LogP contribution in [-0.2, 0) is 14.8 Å². The van der Waals surface area contributed by atoms with E-state index < -0.39 is 10.0 Å². The molecule has 0 aliphatic heterocycles. The average Bonchev–Trinajstić information content (AvgIpc) is 3.33. The van der Waals surface area contributed by atoms with Gasteiger partial charge >= 0.3 is 0 Å². The van der Waals surface area contributed by atoms with Crippen LogP contribution in [0, 0.1) is 5.92 Å². The first kappa shape index (κ1) is 18.7. The zero-order valence-electron chi connectivity index (χ0n) is 14.3. The molecule has 1 aromatic carbocycles. The van der Waals surface area contributed by atoms with Gasteiger partial charge in [0.15, 0.2) is 0 Å². The molecule has 0 bridgehead atoms. The van der Waals surface area contributed by atoms with Gasteiger partial charge in [-0.05, 0) is 50.4 Å². The molecule has 2 N–H and O–H groups in total. The van der Waals surface area contributed by atoms with E-state index in [1.165, 1.54) is 33.0 Å². The number of nitrogens with zero attached hydrogens (tertiary/aromatic N) is 1. The smallest absolute Gasteiger partial charge is 0.246 e. The molecule has 0 atom stereocenters. The van der Waals surface area contributed by atoms with Gasteiger partial charge in [-0.15, -0.1) is 0 Å². The van der Waals surface area contributed by atoms with Crippen molar-refractivity contribution in [2.24, 2.45) is 5.92 Å². The van der Waals surface area contributed by atoms with Gasteiger partial charge < -0.3 is 15.4 Å². The number of sulfonamides is 1. The van der Waals surface area contributed by atoms with Gasteiger partial charge in [0.1, 0.15) is 10.6 Å². The summed E-state index contributed by atoms with van der Waals surface area (Å²) in [5.74, 6) is 0.768.